The summed E-state index contributed by atoms with van der Waals surface area (Å²) in [5, 5.41) is 3.02. The molecule has 1 saturated heterocycles. The van der Waals surface area contributed by atoms with Crippen molar-refractivity contribution in [2.75, 3.05) is 6.54 Å². The molecule has 0 aromatic heterocycles. The zero-order valence-corrected chi connectivity index (χ0v) is 55.5. The molecule has 3 aromatic rings. The molecule has 0 radical (unpaired) electrons. The van der Waals surface area contributed by atoms with E-state index in [0.717, 1.165) is 106 Å². The van der Waals surface area contributed by atoms with Gasteiger partial charge in [-0.05, 0) is 74.1 Å². The van der Waals surface area contributed by atoms with Gasteiger partial charge in [0.05, 0.1) is 12.1 Å². The van der Waals surface area contributed by atoms with E-state index in [1.165, 1.54) is 0 Å². The largest absolute Gasteiger partial charge is 1.00 e. The van der Waals surface area contributed by atoms with Crippen LogP contribution in [0.25, 0.3) is 0 Å². The fraction of sp³-hybridized carbons (Fsp3) is 0.636. The summed E-state index contributed by atoms with van der Waals surface area (Å²) in [5.41, 5.74) is 4.20. The summed E-state index contributed by atoms with van der Waals surface area (Å²) < 4.78 is 131. The number of unbranched alkanes of at least 4 members (excludes halogenated alkanes) is 16. The Labute approximate surface area is 537 Å². The Hall–Kier alpha value is -1.19. The van der Waals surface area contributed by atoms with Gasteiger partial charge in [-0.1, -0.05) is 177 Å². The number of amides is 2. The normalized spacial score (nSPS) is 16.5. The monoisotopic (exact) mass is 1190 g/mol. The predicted octanol–water partition coefficient (Wildman–Crippen LogP) is 1.09. The maximum absolute atomic E-state index is 13.9. The molecule has 5 atom stereocenters. The second kappa shape index (κ2) is 39.4. The van der Waals surface area contributed by atoms with E-state index in [0.29, 0.717) is 89.0 Å². The summed E-state index contributed by atoms with van der Waals surface area (Å²) in [7, 11) is -15.9. The van der Waals surface area contributed by atoms with E-state index in [9.17, 15) is 48.5 Å². The Kier molecular flexibility index (Phi) is 36.9. The summed E-state index contributed by atoms with van der Waals surface area (Å²) in [6.07, 6.45) is 12.1. The fourth-order valence-corrected chi connectivity index (χ4v) is 11.9. The molecular formula is C55H79N2Na3O16S3. The Morgan fingerprint density at radius 3 is 1.61 bits per heavy atom. The van der Waals surface area contributed by atoms with Crippen molar-refractivity contribution in [3.63, 3.8) is 0 Å². The van der Waals surface area contributed by atoms with E-state index >= 15 is 0 Å². The van der Waals surface area contributed by atoms with Gasteiger partial charge in [-0.3, -0.25) is 22.1 Å². The van der Waals surface area contributed by atoms with E-state index < -0.39 is 62.0 Å². The maximum Gasteiger partial charge on any atom is 1.00 e. The van der Waals surface area contributed by atoms with Crippen molar-refractivity contribution >= 4 is 43.0 Å². The molecule has 2 aliphatic rings. The number of benzene rings is 3. The molecule has 2 amide bonds. The minimum atomic E-state index is -5.41. The van der Waals surface area contributed by atoms with Crippen LogP contribution in [0, 0.1) is 0 Å². The summed E-state index contributed by atoms with van der Waals surface area (Å²) in [4.78, 5) is 28.9. The van der Waals surface area contributed by atoms with Gasteiger partial charge in [0.2, 0.25) is 43.0 Å². The first-order valence-electron chi connectivity index (χ1n) is 27.4. The van der Waals surface area contributed by atoms with Gasteiger partial charge in [-0.25, -0.2) is 25.3 Å². The average molecular weight is 1190 g/mol. The van der Waals surface area contributed by atoms with Gasteiger partial charge in [0.25, 0.3) is 0 Å². The maximum atomic E-state index is 13.9. The summed E-state index contributed by atoms with van der Waals surface area (Å²) in [6, 6.07) is 23.2. The molecule has 0 bridgehead atoms. The number of nitrogens with one attached hydrogen (secondary N) is 1. The smallest absolute Gasteiger partial charge is 0.726 e. The van der Waals surface area contributed by atoms with Crippen LogP contribution in [0.5, 0.6) is 11.5 Å². The van der Waals surface area contributed by atoms with Gasteiger partial charge < -0.3 is 33.3 Å². The van der Waals surface area contributed by atoms with Gasteiger partial charge >= 0.3 is 88.7 Å². The Balaban J connectivity index is 0.00000711. The van der Waals surface area contributed by atoms with Crippen molar-refractivity contribution in [3.8, 4) is 11.5 Å². The van der Waals surface area contributed by atoms with E-state index in [1.54, 1.807) is 0 Å². The molecule has 3 aromatic carbocycles. The van der Waals surface area contributed by atoms with E-state index in [-0.39, 0.29) is 126 Å². The van der Waals surface area contributed by atoms with Gasteiger partial charge in [0, 0.05) is 24.6 Å². The van der Waals surface area contributed by atoms with Gasteiger partial charge in [-0.15, -0.1) is 0 Å². The summed E-state index contributed by atoms with van der Waals surface area (Å²) >= 11 is 0. The van der Waals surface area contributed by atoms with Crippen LogP contribution in [0.2, 0.25) is 0 Å². The first kappa shape index (κ1) is 73.9. The van der Waals surface area contributed by atoms with Crippen molar-refractivity contribution < 1.29 is 159 Å². The molecule has 0 saturated carbocycles. The van der Waals surface area contributed by atoms with Crippen LogP contribution in [0.1, 0.15) is 196 Å². The molecule has 426 valence electrons. The number of nitrogens with zero attached hydrogens (tertiary/aromatic N) is 1. The quantitative estimate of drug-likeness (QED) is 0.0363. The molecule has 0 unspecified atom stereocenters. The minimum absolute atomic E-state index is 0. The number of carbonyl (C=O) groups excluding carboxylic acids is 2. The standard InChI is InChI=1S/C55H82N2O16S3.3Na/c1-2-3-4-5-6-12-15-24-31-50(72-75(63,64)65)51(73-76(66,67)68)36-33-46(71-74(60,61)62)30-23-14-11-9-7-8-10-13-16-25-32-53(58)56-48-34-35-49-54-45(37-38-57(49)55(48)59)39-47(69-41-43-26-19-17-20-27-43)40-52(54)70-42-44-28-21-18-22-29-44;;;/h17-22,26-29,39-40,46,48-51H,2-16,23-25,30-38,41-42H2,1H3,(H,56,58)(H,60,61,62)(H,63,64,65)(H,66,67,68);;;/q;3*+1/p-3/t46-,48-,49+,50-,51-;;;/m0.../s1. The van der Waals surface area contributed by atoms with Crippen molar-refractivity contribution in [2.24, 2.45) is 0 Å². The third kappa shape index (κ3) is 29.9. The van der Waals surface area contributed by atoms with Crippen LogP contribution in [0.15, 0.2) is 72.8 Å². The van der Waals surface area contributed by atoms with Crippen molar-refractivity contribution in [2.45, 2.75) is 217 Å². The van der Waals surface area contributed by atoms with Crippen LogP contribution in [-0.4, -0.2) is 86.5 Å². The number of hydrogen-bond acceptors (Lipinski definition) is 16. The van der Waals surface area contributed by atoms with Gasteiger partial charge in [-0.2, -0.15) is 0 Å². The summed E-state index contributed by atoms with van der Waals surface area (Å²) in [6.45, 7) is 3.43. The molecule has 24 heteroatoms. The van der Waals surface area contributed by atoms with Gasteiger partial charge in [0.15, 0.2) is 0 Å². The topological polar surface area (TPSA) is 267 Å². The van der Waals surface area contributed by atoms with E-state index in [1.807, 2.05) is 71.6 Å². The second-order valence-electron chi connectivity index (χ2n) is 20.2. The van der Waals surface area contributed by atoms with Crippen molar-refractivity contribution in [3.05, 3.63) is 95.1 Å². The summed E-state index contributed by atoms with van der Waals surface area (Å²) in [5.74, 6) is 1.21. The molecule has 1 N–H and O–H groups in total. The number of rotatable bonds is 39. The van der Waals surface area contributed by atoms with Crippen LogP contribution >= 0.6 is 0 Å². The molecule has 0 aliphatic carbocycles. The van der Waals surface area contributed by atoms with Crippen molar-refractivity contribution in [1.82, 2.24) is 10.2 Å². The first-order chi connectivity index (χ1) is 36.4. The number of piperidine rings is 1. The molecule has 2 aliphatic heterocycles. The third-order valence-corrected chi connectivity index (χ3v) is 15.6. The molecule has 0 spiro atoms. The zero-order valence-electron chi connectivity index (χ0n) is 47.0. The van der Waals surface area contributed by atoms with Crippen LogP contribution in [0.3, 0.4) is 0 Å². The number of hydrogen-bond donors (Lipinski definition) is 1. The van der Waals surface area contributed by atoms with Crippen LogP contribution in [-0.2, 0) is 73.0 Å². The Morgan fingerprint density at radius 1 is 0.595 bits per heavy atom. The number of carbonyl (C=O) groups is 2. The zero-order chi connectivity index (χ0) is 54.8. The van der Waals surface area contributed by atoms with E-state index in [2.05, 4.69) is 26.7 Å². The van der Waals surface area contributed by atoms with Crippen molar-refractivity contribution in [1.29, 1.82) is 0 Å². The molecule has 1 fully saturated rings. The Morgan fingerprint density at radius 2 is 1.08 bits per heavy atom. The first-order valence-corrected chi connectivity index (χ1v) is 31.4. The van der Waals surface area contributed by atoms with Crippen LogP contribution < -0.4 is 103 Å². The molecule has 5 rings (SSSR count). The molecule has 79 heavy (non-hydrogen) atoms. The predicted molar refractivity (Wildman–Crippen MR) is 283 cm³/mol. The third-order valence-electron chi connectivity index (χ3n) is 14.1. The van der Waals surface area contributed by atoms with Gasteiger partial charge in [0.1, 0.15) is 43.0 Å². The Bertz CT molecular complexity index is 2550. The van der Waals surface area contributed by atoms with E-state index in [4.69, 9.17) is 13.7 Å². The number of fused-ring (bicyclic) bond motifs is 3. The van der Waals surface area contributed by atoms with Crippen LogP contribution in [0.4, 0.5) is 0 Å². The average Bonchev–Trinajstić information content (AvgIpc) is 3.41. The molecule has 18 nitrogen and oxygen atoms in total. The minimum Gasteiger partial charge on any atom is -0.726 e. The fourth-order valence-electron chi connectivity index (χ4n) is 10.3. The molecular weight excluding hydrogens is 1110 g/mol. The SMILES string of the molecule is CCCCCCCCCC[C@H](OS(=O)(=O)[O-])[C@H](CC[C@H](CCCCCCCCCCCCC(=O)N[C@H]1CC[C@@H]2c3c(cc(OCc4ccccc4)cc3OCc3ccccc3)CCN2C1=O)OS(=O)(=O)[O-])OS(=O)(=O)[O-].[Na+].[Na+].[Na+]. The molecule has 2 heterocycles. The second-order valence-corrected chi connectivity index (χ2v) is 23.2. The number of ether oxygens (including phenoxy) is 2.